The molecule has 1 aliphatic rings. The molecule has 3 nitrogen and oxygen atoms in total. The molecule has 1 unspecified atom stereocenters. The van der Waals surface area contributed by atoms with E-state index in [9.17, 15) is 4.79 Å². The fourth-order valence-corrected chi connectivity index (χ4v) is 3.18. The van der Waals surface area contributed by atoms with Crippen LogP contribution in [0, 0.1) is 5.92 Å². The first kappa shape index (κ1) is 18.8. The molecule has 0 radical (unpaired) electrons. The van der Waals surface area contributed by atoms with Crippen molar-refractivity contribution in [2.75, 3.05) is 5.73 Å². The summed E-state index contributed by atoms with van der Waals surface area (Å²) in [7, 11) is 0. The van der Waals surface area contributed by atoms with Crippen LogP contribution in [0.3, 0.4) is 0 Å². The maximum Gasteiger partial charge on any atom is 0.224 e. The lowest BCUT2D eigenvalue weighted by Crippen LogP contribution is -2.34. The summed E-state index contributed by atoms with van der Waals surface area (Å²) in [5.41, 5.74) is 7.40. The van der Waals surface area contributed by atoms with Crippen LogP contribution in [0.1, 0.15) is 57.4 Å². The van der Waals surface area contributed by atoms with Crippen molar-refractivity contribution in [3.8, 4) is 0 Å². The lowest BCUT2D eigenvalue weighted by molar-refractivity contribution is -0.121. The third-order valence-corrected chi connectivity index (χ3v) is 4.48. The minimum atomic E-state index is 0. The fraction of sp³-hybridized carbons (Fsp3) is 0.611. The fourth-order valence-electron chi connectivity index (χ4n) is 3.18. The minimum absolute atomic E-state index is 0. The van der Waals surface area contributed by atoms with Crippen molar-refractivity contribution in [3.63, 3.8) is 0 Å². The summed E-state index contributed by atoms with van der Waals surface area (Å²) in [4.78, 5) is 12.0. The zero-order chi connectivity index (χ0) is 15.1. The summed E-state index contributed by atoms with van der Waals surface area (Å²) < 4.78 is 0. The predicted octanol–water partition coefficient (Wildman–Crippen LogP) is 4.10. The Labute approximate surface area is 140 Å². The van der Waals surface area contributed by atoms with Gasteiger partial charge in [-0.05, 0) is 43.4 Å². The van der Waals surface area contributed by atoms with Gasteiger partial charge in [0.25, 0.3) is 0 Å². The molecule has 4 heteroatoms. The van der Waals surface area contributed by atoms with Crippen LogP contribution in [-0.4, -0.2) is 11.9 Å². The van der Waals surface area contributed by atoms with Crippen molar-refractivity contribution < 1.29 is 4.79 Å². The molecule has 1 aromatic carbocycles. The van der Waals surface area contributed by atoms with Gasteiger partial charge in [0.1, 0.15) is 0 Å². The Morgan fingerprint density at radius 1 is 1.23 bits per heavy atom. The highest BCUT2D eigenvalue weighted by Crippen LogP contribution is 2.27. The van der Waals surface area contributed by atoms with Gasteiger partial charge in [0.2, 0.25) is 5.91 Å². The van der Waals surface area contributed by atoms with Gasteiger partial charge in [0, 0.05) is 11.7 Å². The highest BCUT2D eigenvalue weighted by molar-refractivity contribution is 5.85. The van der Waals surface area contributed by atoms with E-state index in [1.165, 1.54) is 38.5 Å². The maximum atomic E-state index is 12.0. The summed E-state index contributed by atoms with van der Waals surface area (Å²) >= 11 is 0. The van der Waals surface area contributed by atoms with Gasteiger partial charge in [-0.1, -0.05) is 44.2 Å². The molecule has 1 fully saturated rings. The van der Waals surface area contributed by atoms with Gasteiger partial charge in [0.15, 0.2) is 0 Å². The van der Waals surface area contributed by atoms with Gasteiger partial charge in [-0.3, -0.25) is 4.79 Å². The Bertz CT molecular complexity index is 441. The number of halogens is 1. The smallest absolute Gasteiger partial charge is 0.224 e. The highest BCUT2D eigenvalue weighted by atomic mass is 35.5. The van der Waals surface area contributed by atoms with Gasteiger partial charge in [-0.25, -0.2) is 0 Å². The van der Waals surface area contributed by atoms with E-state index in [4.69, 9.17) is 5.73 Å². The summed E-state index contributed by atoms with van der Waals surface area (Å²) in [6.07, 6.45) is 9.74. The number of anilines is 1. The van der Waals surface area contributed by atoms with Crippen LogP contribution >= 0.6 is 12.4 Å². The first-order valence-corrected chi connectivity index (χ1v) is 8.27. The number of carbonyl (C=O) groups excluding carboxylic acids is 1. The van der Waals surface area contributed by atoms with Gasteiger partial charge < -0.3 is 11.1 Å². The number of nitrogens with one attached hydrogen (secondary N) is 1. The van der Waals surface area contributed by atoms with Crippen LogP contribution in [0.15, 0.2) is 24.3 Å². The molecule has 1 saturated carbocycles. The zero-order valence-electron chi connectivity index (χ0n) is 13.5. The third-order valence-electron chi connectivity index (χ3n) is 4.48. The molecule has 1 aromatic rings. The molecule has 0 aliphatic heterocycles. The molecule has 0 saturated heterocycles. The molecular formula is C18H29ClN2O. The average molecular weight is 325 g/mol. The highest BCUT2D eigenvalue weighted by Gasteiger charge is 2.15. The van der Waals surface area contributed by atoms with Gasteiger partial charge in [0.05, 0.1) is 6.42 Å². The second-order valence-corrected chi connectivity index (χ2v) is 6.47. The second kappa shape index (κ2) is 9.73. The second-order valence-electron chi connectivity index (χ2n) is 6.47. The lowest BCUT2D eigenvalue weighted by atomic mass is 9.85. The van der Waals surface area contributed by atoms with Crippen LogP contribution in [0.2, 0.25) is 0 Å². The van der Waals surface area contributed by atoms with E-state index in [-0.39, 0.29) is 24.4 Å². The molecule has 22 heavy (non-hydrogen) atoms. The van der Waals surface area contributed by atoms with Crippen molar-refractivity contribution in [2.45, 2.75) is 64.3 Å². The molecule has 3 N–H and O–H groups in total. The Morgan fingerprint density at radius 3 is 2.50 bits per heavy atom. The van der Waals surface area contributed by atoms with Crippen LogP contribution < -0.4 is 11.1 Å². The van der Waals surface area contributed by atoms with Crippen LogP contribution in [0.5, 0.6) is 0 Å². The molecule has 1 aliphatic carbocycles. The van der Waals surface area contributed by atoms with Crippen molar-refractivity contribution in [3.05, 3.63) is 29.8 Å². The maximum absolute atomic E-state index is 12.0. The molecule has 0 aromatic heterocycles. The number of carbonyl (C=O) groups is 1. The Hall–Kier alpha value is -1.22. The Kier molecular flexibility index (Phi) is 8.32. The van der Waals surface area contributed by atoms with E-state index >= 15 is 0 Å². The monoisotopic (exact) mass is 324 g/mol. The Morgan fingerprint density at radius 2 is 1.86 bits per heavy atom. The summed E-state index contributed by atoms with van der Waals surface area (Å²) in [5, 5.41) is 3.11. The summed E-state index contributed by atoms with van der Waals surface area (Å²) in [6, 6.07) is 7.79. The quantitative estimate of drug-likeness (QED) is 0.774. The van der Waals surface area contributed by atoms with Crippen LogP contribution in [-0.2, 0) is 11.2 Å². The minimum Gasteiger partial charge on any atom is -0.399 e. The predicted molar refractivity (Wildman–Crippen MR) is 95.2 cm³/mol. The Balaban J connectivity index is 0.00000242. The molecule has 0 heterocycles. The van der Waals surface area contributed by atoms with Crippen LogP contribution in [0.25, 0.3) is 0 Å². The largest absolute Gasteiger partial charge is 0.399 e. The van der Waals surface area contributed by atoms with Crippen molar-refractivity contribution in [2.24, 2.45) is 5.92 Å². The molecule has 1 amide bonds. The first-order valence-electron chi connectivity index (χ1n) is 8.27. The standard InChI is InChI=1S/C18H28N2O.ClH/c1-14(7-8-15-5-3-2-4-6-15)20-18(21)13-16-9-11-17(19)12-10-16;/h9-12,14-15H,2-8,13,19H2,1H3,(H,20,21);1H. The van der Waals surface area contributed by atoms with E-state index in [1.54, 1.807) is 0 Å². The van der Waals surface area contributed by atoms with E-state index in [0.717, 1.165) is 23.6 Å². The van der Waals surface area contributed by atoms with Gasteiger partial charge in [-0.2, -0.15) is 0 Å². The number of amides is 1. The van der Waals surface area contributed by atoms with E-state index in [1.807, 2.05) is 24.3 Å². The normalized spacial score (nSPS) is 16.6. The summed E-state index contributed by atoms with van der Waals surface area (Å²) in [5.74, 6) is 0.992. The SMILES string of the molecule is CC(CCC1CCCCC1)NC(=O)Cc1ccc(N)cc1.Cl. The third kappa shape index (κ3) is 6.69. The molecule has 0 bridgehead atoms. The number of nitrogen functional groups attached to an aromatic ring is 1. The van der Waals surface area contributed by atoms with Gasteiger partial charge in [-0.15, -0.1) is 12.4 Å². The molecule has 0 spiro atoms. The van der Waals surface area contributed by atoms with Gasteiger partial charge >= 0.3 is 0 Å². The molecule has 124 valence electrons. The van der Waals surface area contributed by atoms with Crippen molar-refractivity contribution in [1.82, 2.24) is 5.32 Å². The van der Waals surface area contributed by atoms with Crippen molar-refractivity contribution in [1.29, 1.82) is 0 Å². The average Bonchev–Trinajstić information content (AvgIpc) is 2.48. The first-order chi connectivity index (χ1) is 10.1. The topological polar surface area (TPSA) is 55.1 Å². The van der Waals surface area contributed by atoms with E-state index < -0.39 is 0 Å². The van der Waals surface area contributed by atoms with E-state index in [0.29, 0.717) is 6.42 Å². The summed E-state index contributed by atoms with van der Waals surface area (Å²) in [6.45, 7) is 2.11. The number of hydrogen-bond acceptors (Lipinski definition) is 2. The lowest BCUT2D eigenvalue weighted by Gasteiger charge is -2.23. The number of nitrogens with two attached hydrogens (primary N) is 1. The number of rotatable bonds is 6. The number of hydrogen-bond donors (Lipinski definition) is 2. The van der Waals surface area contributed by atoms with Crippen molar-refractivity contribution >= 4 is 24.0 Å². The zero-order valence-corrected chi connectivity index (χ0v) is 14.3. The number of benzene rings is 1. The molecule has 2 rings (SSSR count). The molecule has 1 atom stereocenters. The molecular weight excluding hydrogens is 296 g/mol. The van der Waals surface area contributed by atoms with E-state index in [2.05, 4.69) is 12.2 Å². The van der Waals surface area contributed by atoms with Crippen LogP contribution in [0.4, 0.5) is 5.69 Å².